The van der Waals surface area contributed by atoms with Crippen molar-refractivity contribution in [2.45, 2.75) is 18.9 Å². The SMILES string of the molecule is O=C(CC1CSCCN1)NCCc1nc(-c2ccc(Cl)cc2)no1. The van der Waals surface area contributed by atoms with Gasteiger partial charge >= 0.3 is 0 Å². The molecule has 1 atom stereocenters. The molecule has 1 aliphatic rings. The minimum atomic E-state index is 0.0486. The number of hydrogen-bond acceptors (Lipinski definition) is 6. The highest BCUT2D eigenvalue weighted by Gasteiger charge is 2.16. The van der Waals surface area contributed by atoms with Crippen LogP contribution in [0.4, 0.5) is 0 Å². The normalized spacial score (nSPS) is 17.6. The summed E-state index contributed by atoms with van der Waals surface area (Å²) in [5, 5.41) is 10.9. The molecule has 1 unspecified atom stereocenters. The summed E-state index contributed by atoms with van der Waals surface area (Å²) in [5.74, 6) is 3.18. The molecule has 128 valence electrons. The number of amides is 1. The molecule has 8 heteroatoms. The van der Waals surface area contributed by atoms with Crippen LogP contribution in [0.3, 0.4) is 0 Å². The Labute approximate surface area is 149 Å². The number of nitrogens with zero attached hydrogens (tertiary/aromatic N) is 2. The third kappa shape index (κ3) is 4.96. The first-order valence-electron chi connectivity index (χ1n) is 7.87. The van der Waals surface area contributed by atoms with Crippen molar-refractivity contribution >= 4 is 29.3 Å². The largest absolute Gasteiger partial charge is 0.356 e. The summed E-state index contributed by atoms with van der Waals surface area (Å²) in [4.78, 5) is 16.3. The van der Waals surface area contributed by atoms with Crippen LogP contribution in [0.2, 0.25) is 5.02 Å². The van der Waals surface area contributed by atoms with Gasteiger partial charge in [0, 0.05) is 54.1 Å². The van der Waals surface area contributed by atoms with E-state index in [4.69, 9.17) is 16.1 Å². The molecule has 0 radical (unpaired) electrons. The van der Waals surface area contributed by atoms with Crippen LogP contribution in [0.5, 0.6) is 0 Å². The minimum absolute atomic E-state index is 0.0486. The molecule has 0 aliphatic carbocycles. The number of hydrogen-bond donors (Lipinski definition) is 2. The predicted molar refractivity (Wildman–Crippen MR) is 95.2 cm³/mol. The molecule has 2 aromatic rings. The highest BCUT2D eigenvalue weighted by molar-refractivity contribution is 7.99. The second-order valence-electron chi connectivity index (χ2n) is 5.55. The Hall–Kier alpha value is -1.57. The Bertz CT molecular complexity index is 671. The fourth-order valence-corrected chi connectivity index (χ4v) is 3.50. The van der Waals surface area contributed by atoms with E-state index in [1.54, 1.807) is 12.1 Å². The minimum Gasteiger partial charge on any atom is -0.356 e. The molecular formula is C16H19ClN4O2S. The van der Waals surface area contributed by atoms with Gasteiger partial charge in [-0.05, 0) is 24.3 Å². The lowest BCUT2D eigenvalue weighted by atomic mass is 10.2. The maximum absolute atomic E-state index is 11.9. The van der Waals surface area contributed by atoms with Crippen LogP contribution in [0.1, 0.15) is 12.3 Å². The fourth-order valence-electron chi connectivity index (χ4n) is 2.43. The molecule has 0 bridgehead atoms. The first-order valence-corrected chi connectivity index (χ1v) is 9.40. The smallest absolute Gasteiger partial charge is 0.228 e. The van der Waals surface area contributed by atoms with Gasteiger partial charge in [-0.1, -0.05) is 16.8 Å². The standard InChI is InChI=1S/C16H19ClN4O2S/c17-12-3-1-11(2-4-12)16-20-15(23-21-16)5-6-19-14(22)9-13-10-24-8-7-18-13/h1-4,13,18H,5-10H2,(H,19,22). The van der Waals surface area contributed by atoms with Crippen molar-refractivity contribution in [3.63, 3.8) is 0 Å². The van der Waals surface area contributed by atoms with Crippen molar-refractivity contribution in [1.29, 1.82) is 0 Å². The lowest BCUT2D eigenvalue weighted by Crippen LogP contribution is -2.41. The van der Waals surface area contributed by atoms with Gasteiger partial charge in [0.05, 0.1) is 0 Å². The fraction of sp³-hybridized carbons (Fsp3) is 0.438. The average Bonchev–Trinajstić information content (AvgIpc) is 3.05. The number of halogens is 1. The van der Waals surface area contributed by atoms with Crippen LogP contribution in [0, 0.1) is 0 Å². The zero-order chi connectivity index (χ0) is 16.8. The number of nitrogens with one attached hydrogen (secondary N) is 2. The van der Waals surface area contributed by atoms with E-state index in [-0.39, 0.29) is 11.9 Å². The topological polar surface area (TPSA) is 80.0 Å². The second-order valence-corrected chi connectivity index (χ2v) is 7.13. The van der Waals surface area contributed by atoms with Crippen LogP contribution in [0.15, 0.2) is 28.8 Å². The van der Waals surface area contributed by atoms with E-state index in [2.05, 4.69) is 20.8 Å². The molecule has 1 aliphatic heterocycles. The van der Waals surface area contributed by atoms with Crippen LogP contribution in [-0.2, 0) is 11.2 Å². The average molecular weight is 367 g/mol. The summed E-state index contributed by atoms with van der Waals surface area (Å²) in [5.41, 5.74) is 0.847. The molecule has 1 saturated heterocycles. The Kier molecular flexibility index (Phi) is 6.12. The van der Waals surface area contributed by atoms with Gasteiger partial charge in [0.15, 0.2) is 0 Å². The van der Waals surface area contributed by atoms with Crippen LogP contribution in [-0.4, -0.2) is 46.7 Å². The Balaban J connectivity index is 1.43. The molecule has 2 N–H and O–H groups in total. The molecule has 3 rings (SSSR count). The third-order valence-corrected chi connectivity index (χ3v) is 5.04. The Morgan fingerprint density at radius 2 is 2.25 bits per heavy atom. The van der Waals surface area contributed by atoms with Crippen molar-refractivity contribution in [1.82, 2.24) is 20.8 Å². The quantitative estimate of drug-likeness (QED) is 0.815. The van der Waals surface area contributed by atoms with Crippen molar-refractivity contribution in [3.05, 3.63) is 35.2 Å². The van der Waals surface area contributed by atoms with E-state index in [9.17, 15) is 4.79 Å². The summed E-state index contributed by atoms with van der Waals surface area (Å²) < 4.78 is 5.22. The number of carbonyl (C=O) groups is 1. The summed E-state index contributed by atoms with van der Waals surface area (Å²) in [6, 6.07) is 7.51. The molecule has 24 heavy (non-hydrogen) atoms. The summed E-state index contributed by atoms with van der Waals surface area (Å²) in [6.45, 7) is 1.46. The monoisotopic (exact) mass is 366 g/mol. The highest BCUT2D eigenvalue weighted by atomic mass is 35.5. The van der Waals surface area contributed by atoms with Gasteiger partial charge in [0.25, 0.3) is 0 Å². The van der Waals surface area contributed by atoms with Gasteiger partial charge in [-0.2, -0.15) is 16.7 Å². The van der Waals surface area contributed by atoms with E-state index in [1.165, 1.54) is 0 Å². The zero-order valence-electron chi connectivity index (χ0n) is 13.1. The van der Waals surface area contributed by atoms with E-state index in [1.807, 2.05) is 23.9 Å². The number of carbonyl (C=O) groups excluding carboxylic acids is 1. The second kappa shape index (κ2) is 8.50. The lowest BCUT2D eigenvalue weighted by Gasteiger charge is -2.22. The van der Waals surface area contributed by atoms with E-state index >= 15 is 0 Å². The number of thioether (sulfide) groups is 1. The summed E-state index contributed by atoms with van der Waals surface area (Å²) >= 11 is 7.75. The maximum atomic E-state index is 11.9. The number of benzene rings is 1. The van der Waals surface area contributed by atoms with Crippen LogP contribution in [0.25, 0.3) is 11.4 Å². The van der Waals surface area contributed by atoms with Gasteiger partial charge in [0.1, 0.15) is 0 Å². The molecule has 0 spiro atoms. The first kappa shape index (κ1) is 17.3. The van der Waals surface area contributed by atoms with E-state index in [0.717, 1.165) is 23.6 Å². The molecular weight excluding hydrogens is 348 g/mol. The van der Waals surface area contributed by atoms with E-state index in [0.29, 0.717) is 36.1 Å². The zero-order valence-corrected chi connectivity index (χ0v) is 14.7. The van der Waals surface area contributed by atoms with Crippen molar-refractivity contribution in [2.75, 3.05) is 24.6 Å². The molecule has 1 aromatic carbocycles. The predicted octanol–water partition coefficient (Wildman–Crippen LogP) is 2.14. The van der Waals surface area contributed by atoms with Gasteiger partial charge in [-0.25, -0.2) is 0 Å². The highest BCUT2D eigenvalue weighted by Crippen LogP contribution is 2.18. The molecule has 0 saturated carbocycles. The maximum Gasteiger partial charge on any atom is 0.228 e. The summed E-state index contributed by atoms with van der Waals surface area (Å²) in [7, 11) is 0. The molecule has 2 heterocycles. The third-order valence-electron chi connectivity index (χ3n) is 3.66. The van der Waals surface area contributed by atoms with E-state index < -0.39 is 0 Å². The van der Waals surface area contributed by atoms with Gasteiger partial charge in [0.2, 0.25) is 17.6 Å². The van der Waals surface area contributed by atoms with Gasteiger partial charge < -0.3 is 15.2 Å². The van der Waals surface area contributed by atoms with Crippen molar-refractivity contribution in [2.24, 2.45) is 0 Å². The molecule has 6 nitrogen and oxygen atoms in total. The first-order chi connectivity index (χ1) is 11.7. The molecule has 1 aromatic heterocycles. The van der Waals surface area contributed by atoms with Gasteiger partial charge in [-0.3, -0.25) is 4.79 Å². The van der Waals surface area contributed by atoms with Gasteiger partial charge in [-0.15, -0.1) is 0 Å². The Morgan fingerprint density at radius 3 is 3.00 bits per heavy atom. The lowest BCUT2D eigenvalue weighted by molar-refractivity contribution is -0.121. The van der Waals surface area contributed by atoms with Crippen molar-refractivity contribution in [3.8, 4) is 11.4 Å². The Morgan fingerprint density at radius 1 is 1.42 bits per heavy atom. The van der Waals surface area contributed by atoms with Crippen molar-refractivity contribution < 1.29 is 9.32 Å². The van der Waals surface area contributed by atoms with Crippen LogP contribution >= 0.6 is 23.4 Å². The number of rotatable bonds is 6. The number of aromatic nitrogens is 2. The molecule has 1 amide bonds. The van der Waals surface area contributed by atoms with Crippen LogP contribution < -0.4 is 10.6 Å². The molecule has 1 fully saturated rings. The summed E-state index contributed by atoms with van der Waals surface area (Å²) in [6.07, 6.45) is 1.02.